The lowest BCUT2D eigenvalue weighted by Gasteiger charge is -2.35. The zero-order valence-electron chi connectivity index (χ0n) is 18.5. The van der Waals surface area contributed by atoms with Crippen LogP contribution in [0.1, 0.15) is 24.5 Å². The Labute approximate surface area is 199 Å². The molecule has 0 bridgehead atoms. The van der Waals surface area contributed by atoms with E-state index >= 15 is 0 Å². The molecule has 0 N–H and O–H groups in total. The van der Waals surface area contributed by atoms with Gasteiger partial charge in [0.1, 0.15) is 5.02 Å². The summed E-state index contributed by atoms with van der Waals surface area (Å²) in [7, 11) is -3.57. The van der Waals surface area contributed by atoms with Gasteiger partial charge in [-0.2, -0.15) is 9.40 Å². The van der Waals surface area contributed by atoms with E-state index in [-0.39, 0.29) is 10.6 Å². The van der Waals surface area contributed by atoms with Crippen molar-refractivity contribution in [2.75, 3.05) is 31.1 Å². The Balaban J connectivity index is 1.45. The lowest BCUT2D eigenvalue weighted by atomic mass is 10.1. The number of hydrogen-bond donors (Lipinski definition) is 0. The molecular weight excluding hydrogens is 460 g/mol. The monoisotopic (exact) mass is 486 g/mol. The molecule has 0 saturated carbocycles. The lowest BCUT2D eigenvalue weighted by molar-refractivity contribution is 0.384. The maximum atomic E-state index is 13.1. The number of piperazine rings is 1. The van der Waals surface area contributed by atoms with Crippen LogP contribution in [0.3, 0.4) is 0 Å². The lowest BCUT2D eigenvalue weighted by Crippen LogP contribution is -2.49. The third-order valence-electron chi connectivity index (χ3n) is 5.82. The quantitative estimate of drug-likeness (QED) is 0.511. The van der Waals surface area contributed by atoms with E-state index in [9.17, 15) is 13.2 Å². The Morgan fingerprint density at radius 3 is 2.24 bits per heavy atom. The average molecular weight is 487 g/mol. The van der Waals surface area contributed by atoms with Crippen molar-refractivity contribution in [3.05, 3.63) is 87.3 Å². The smallest absolute Gasteiger partial charge is 0.287 e. The summed E-state index contributed by atoms with van der Waals surface area (Å²) in [5.41, 5.74) is 2.26. The molecule has 0 amide bonds. The number of nitrogens with zero attached hydrogens (tertiary/aromatic N) is 4. The molecular formula is C24H27ClN4O3S. The highest BCUT2D eigenvalue weighted by Crippen LogP contribution is 2.25. The summed E-state index contributed by atoms with van der Waals surface area (Å²) in [5.74, 6) is 0. The molecule has 2 aromatic carbocycles. The fraction of sp³-hybridized carbons (Fsp3) is 0.333. The van der Waals surface area contributed by atoms with Crippen LogP contribution in [0.5, 0.6) is 0 Å². The second kappa shape index (κ2) is 10.1. The second-order valence-electron chi connectivity index (χ2n) is 8.08. The van der Waals surface area contributed by atoms with Gasteiger partial charge in [0.15, 0.2) is 0 Å². The normalized spacial score (nSPS) is 15.0. The molecule has 2 heterocycles. The van der Waals surface area contributed by atoms with Crippen molar-refractivity contribution in [3.63, 3.8) is 0 Å². The van der Waals surface area contributed by atoms with Crippen LogP contribution in [-0.4, -0.2) is 48.7 Å². The van der Waals surface area contributed by atoms with Crippen LogP contribution in [0, 0.1) is 0 Å². The van der Waals surface area contributed by atoms with E-state index in [1.165, 1.54) is 8.99 Å². The predicted octanol–water partition coefficient (Wildman–Crippen LogP) is 3.41. The molecule has 7 nitrogen and oxygen atoms in total. The Morgan fingerprint density at radius 1 is 0.939 bits per heavy atom. The van der Waals surface area contributed by atoms with Gasteiger partial charge in [0.2, 0.25) is 10.0 Å². The number of rotatable bonds is 7. The van der Waals surface area contributed by atoms with Gasteiger partial charge in [0.05, 0.1) is 23.3 Å². The van der Waals surface area contributed by atoms with Crippen molar-refractivity contribution < 1.29 is 8.42 Å². The molecule has 0 atom stereocenters. The van der Waals surface area contributed by atoms with Crippen molar-refractivity contribution in [2.45, 2.75) is 31.2 Å². The highest BCUT2D eigenvalue weighted by atomic mass is 35.5. The summed E-state index contributed by atoms with van der Waals surface area (Å²) in [6.07, 6.45) is 3.53. The molecule has 1 aliphatic heterocycles. The first-order valence-corrected chi connectivity index (χ1v) is 12.9. The van der Waals surface area contributed by atoms with Crippen LogP contribution >= 0.6 is 11.6 Å². The molecule has 0 aliphatic carbocycles. The van der Waals surface area contributed by atoms with Crippen molar-refractivity contribution in [3.8, 4) is 0 Å². The van der Waals surface area contributed by atoms with E-state index < -0.39 is 10.0 Å². The molecule has 1 fully saturated rings. The van der Waals surface area contributed by atoms with Gasteiger partial charge in [-0.3, -0.25) is 4.79 Å². The summed E-state index contributed by atoms with van der Waals surface area (Å²) in [5, 5.41) is 4.40. The minimum atomic E-state index is -3.57. The largest absolute Gasteiger partial charge is 0.366 e. The van der Waals surface area contributed by atoms with E-state index in [1.54, 1.807) is 18.3 Å². The number of benzene rings is 2. The van der Waals surface area contributed by atoms with Crippen molar-refractivity contribution >= 4 is 27.3 Å². The second-order valence-corrected chi connectivity index (χ2v) is 10.4. The molecule has 3 aromatic rings. The minimum Gasteiger partial charge on any atom is -0.366 e. The molecule has 1 aromatic heterocycles. The van der Waals surface area contributed by atoms with Gasteiger partial charge in [-0.15, -0.1) is 0 Å². The molecule has 1 aliphatic rings. The highest BCUT2D eigenvalue weighted by Gasteiger charge is 2.29. The van der Waals surface area contributed by atoms with E-state index in [4.69, 9.17) is 11.6 Å². The summed E-state index contributed by atoms with van der Waals surface area (Å²) in [6.45, 7) is 3.90. The highest BCUT2D eigenvalue weighted by molar-refractivity contribution is 7.89. The topological polar surface area (TPSA) is 75.5 Å². The fourth-order valence-corrected chi connectivity index (χ4v) is 5.67. The molecule has 0 spiro atoms. The number of halogens is 1. The molecule has 4 rings (SSSR count). The fourth-order valence-electron chi connectivity index (χ4n) is 3.98. The van der Waals surface area contributed by atoms with Crippen molar-refractivity contribution in [2.24, 2.45) is 0 Å². The van der Waals surface area contributed by atoms with Crippen LogP contribution in [0.25, 0.3) is 0 Å². The minimum absolute atomic E-state index is 0.101. The maximum Gasteiger partial charge on any atom is 0.287 e. The predicted molar refractivity (Wildman–Crippen MR) is 130 cm³/mol. The standard InChI is InChI=1S/C24H27ClN4O3S/c1-2-6-19-9-11-21(12-10-19)33(31,32)28-15-13-27(14-16-28)22-17-26-29(24(30)23(22)25)18-20-7-4-3-5-8-20/h3-5,7-12,17H,2,6,13-16,18H2,1H3. The number of hydrogen-bond acceptors (Lipinski definition) is 5. The van der Waals surface area contributed by atoms with E-state index in [0.717, 1.165) is 24.0 Å². The number of aromatic nitrogens is 2. The van der Waals surface area contributed by atoms with Gasteiger partial charge in [0.25, 0.3) is 5.56 Å². The van der Waals surface area contributed by atoms with Crippen LogP contribution in [0.15, 0.2) is 70.5 Å². The number of sulfonamides is 1. The van der Waals surface area contributed by atoms with Gasteiger partial charge in [-0.1, -0.05) is 67.4 Å². The Kier molecular flexibility index (Phi) is 7.17. The van der Waals surface area contributed by atoms with E-state index in [1.807, 2.05) is 47.4 Å². The third-order valence-corrected chi connectivity index (χ3v) is 8.09. The van der Waals surface area contributed by atoms with Crippen molar-refractivity contribution in [1.82, 2.24) is 14.1 Å². The van der Waals surface area contributed by atoms with Gasteiger partial charge < -0.3 is 4.90 Å². The summed E-state index contributed by atoms with van der Waals surface area (Å²) < 4.78 is 28.9. The first-order valence-electron chi connectivity index (χ1n) is 11.0. The Bertz CT molecular complexity index is 1250. The third kappa shape index (κ3) is 5.13. The number of anilines is 1. The van der Waals surface area contributed by atoms with Crippen LogP contribution in [-0.2, 0) is 23.0 Å². The van der Waals surface area contributed by atoms with Gasteiger partial charge in [-0.05, 0) is 29.7 Å². The summed E-state index contributed by atoms with van der Waals surface area (Å²) in [4.78, 5) is 15.0. The van der Waals surface area contributed by atoms with Gasteiger partial charge >= 0.3 is 0 Å². The molecule has 174 valence electrons. The van der Waals surface area contributed by atoms with Gasteiger partial charge in [0, 0.05) is 26.2 Å². The molecule has 0 radical (unpaired) electrons. The average Bonchev–Trinajstić information content (AvgIpc) is 2.83. The van der Waals surface area contributed by atoms with Crippen LogP contribution < -0.4 is 10.5 Å². The van der Waals surface area contributed by atoms with Crippen LogP contribution in [0.4, 0.5) is 5.69 Å². The SMILES string of the molecule is CCCc1ccc(S(=O)(=O)N2CCN(c3cnn(Cc4ccccc4)c(=O)c3Cl)CC2)cc1. The Hall–Kier alpha value is -2.68. The summed E-state index contributed by atoms with van der Waals surface area (Å²) in [6, 6.07) is 16.7. The molecule has 0 unspecified atom stereocenters. The van der Waals surface area contributed by atoms with Crippen molar-refractivity contribution in [1.29, 1.82) is 0 Å². The zero-order chi connectivity index (χ0) is 23.4. The Morgan fingerprint density at radius 2 is 1.61 bits per heavy atom. The van der Waals surface area contributed by atoms with E-state index in [2.05, 4.69) is 12.0 Å². The summed E-state index contributed by atoms with van der Waals surface area (Å²) >= 11 is 6.41. The maximum absolute atomic E-state index is 13.1. The molecule has 9 heteroatoms. The first-order chi connectivity index (χ1) is 15.9. The molecule has 33 heavy (non-hydrogen) atoms. The zero-order valence-corrected chi connectivity index (χ0v) is 20.1. The number of aryl methyl sites for hydroxylation is 1. The van der Waals surface area contributed by atoms with Crippen LogP contribution in [0.2, 0.25) is 5.02 Å². The first kappa shape index (κ1) is 23.5. The molecule has 1 saturated heterocycles. The van der Waals surface area contributed by atoms with E-state index in [0.29, 0.717) is 43.3 Å². The van der Waals surface area contributed by atoms with Gasteiger partial charge in [-0.25, -0.2) is 13.1 Å².